The van der Waals surface area contributed by atoms with Crippen LogP contribution in [0.25, 0.3) is 10.1 Å². The van der Waals surface area contributed by atoms with Crippen molar-refractivity contribution in [2.45, 2.75) is 0 Å². The summed E-state index contributed by atoms with van der Waals surface area (Å²) in [5.41, 5.74) is -0.199. The molecule has 0 aliphatic carbocycles. The van der Waals surface area contributed by atoms with Crippen LogP contribution < -0.4 is 0 Å². The largest absolute Gasteiger partial charge is 0.478 e. The number of fused-ring (bicyclic) bond motifs is 1. The van der Waals surface area contributed by atoms with Gasteiger partial charge in [0.1, 0.15) is 4.88 Å². The van der Waals surface area contributed by atoms with E-state index in [-0.39, 0.29) is 10.4 Å². The van der Waals surface area contributed by atoms with Crippen molar-refractivity contribution in [1.29, 1.82) is 0 Å². The first-order chi connectivity index (χ1) is 7.50. The molecule has 2 aromatic rings. The number of halogens is 1. The minimum absolute atomic E-state index is 0.176. The molecule has 0 fully saturated rings. The smallest absolute Gasteiger partial charge is 0.346 e. The summed E-state index contributed by atoms with van der Waals surface area (Å²) in [4.78, 5) is 21.7. The lowest BCUT2D eigenvalue weighted by Gasteiger charge is -1.94. The molecule has 0 aliphatic heterocycles. The molecule has 0 saturated carbocycles. The molecule has 2 N–H and O–H groups in total. The average molecular weight is 257 g/mol. The van der Waals surface area contributed by atoms with Gasteiger partial charge in [-0.15, -0.1) is 11.3 Å². The molecule has 0 spiro atoms. The van der Waals surface area contributed by atoms with E-state index in [2.05, 4.69) is 0 Å². The molecule has 82 valence electrons. The zero-order chi connectivity index (χ0) is 11.9. The summed E-state index contributed by atoms with van der Waals surface area (Å²) in [7, 11) is 0. The zero-order valence-corrected chi connectivity index (χ0v) is 9.30. The quantitative estimate of drug-likeness (QED) is 0.866. The van der Waals surface area contributed by atoms with Gasteiger partial charge in [-0.25, -0.2) is 9.59 Å². The minimum atomic E-state index is -1.26. The maximum Gasteiger partial charge on any atom is 0.346 e. The third-order valence-electron chi connectivity index (χ3n) is 2.06. The number of carbonyl (C=O) groups is 2. The highest BCUT2D eigenvalue weighted by Gasteiger charge is 2.22. The first-order valence-electron chi connectivity index (χ1n) is 4.19. The van der Waals surface area contributed by atoms with Crippen LogP contribution in [0.4, 0.5) is 0 Å². The maximum atomic E-state index is 11.0. The number of hydrogen-bond donors (Lipinski definition) is 2. The van der Waals surface area contributed by atoms with Gasteiger partial charge in [0.25, 0.3) is 0 Å². The number of carboxylic acids is 2. The summed E-state index contributed by atoms with van der Waals surface area (Å²) < 4.78 is 0.596. The molecule has 2 rings (SSSR count). The first-order valence-corrected chi connectivity index (χ1v) is 5.39. The van der Waals surface area contributed by atoms with E-state index in [1.807, 2.05) is 0 Å². The van der Waals surface area contributed by atoms with Gasteiger partial charge < -0.3 is 10.2 Å². The van der Waals surface area contributed by atoms with Crippen molar-refractivity contribution < 1.29 is 19.8 Å². The lowest BCUT2D eigenvalue weighted by atomic mass is 10.1. The van der Waals surface area contributed by atoms with Crippen molar-refractivity contribution in [2.24, 2.45) is 0 Å². The van der Waals surface area contributed by atoms with Crippen LogP contribution in [0.3, 0.4) is 0 Å². The summed E-state index contributed by atoms with van der Waals surface area (Å²) in [6.45, 7) is 0. The van der Waals surface area contributed by atoms with Crippen LogP contribution in [0.2, 0.25) is 5.02 Å². The number of aromatic carboxylic acids is 2. The Labute approximate surface area is 98.7 Å². The number of hydrogen-bond acceptors (Lipinski definition) is 3. The highest BCUT2D eigenvalue weighted by molar-refractivity contribution is 7.21. The van der Waals surface area contributed by atoms with E-state index in [1.165, 1.54) is 6.07 Å². The van der Waals surface area contributed by atoms with Gasteiger partial charge in [0.2, 0.25) is 0 Å². The number of benzene rings is 1. The van der Waals surface area contributed by atoms with Gasteiger partial charge in [-0.1, -0.05) is 11.6 Å². The van der Waals surface area contributed by atoms with E-state index >= 15 is 0 Å². The molecule has 1 aromatic carbocycles. The van der Waals surface area contributed by atoms with Gasteiger partial charge in [0, 0.05) is 15.1 Å². The van der Waals surface area contributed by atoms with E-state index in [1.54, 1.807) is 12.1 Å². The fraction of sp³-hybridized carbons (Fsp3) is 0. The van der Waals surface area contributed by atoms with Gasteiger partial charge in [0.15, 0.2) is 0 Å². The van der Waals surface area contributed by atoms with Gasteiger partial charge in [-0.05, 0) is 18.2 Å². The predicted molar refractivity (Wildman–Crippen MR) is 60.8 cm³/mol. The molecule has 4 nitrogen and oxygen atoms in total. The second-order valence-electron chi connectivity index (χ2n) is 3.06. The highest BCUT2D eigenvalue weighted by Crippen LogP contribution is 2.33. The Kier molecular flexibility index (Phi) is 2.57. The SMILES string of the molecule is O=C(O)c1sc2ccc(Cl)cc2c1C(=O)O. The topological polar surface area (TPSA) is 74.6 Å². The summed E-state index contributed by atoms with van der Waals surface area (Å²) in [5.74, 6) is -2.50. The predicted octanol–water partition coefficient (Wildman–Crippen LogP) is 2.95. The molecule has 0 atom stereocenters. The monoisotopic (exact) mass is 256 g/mol. The molecule has 0 bridgehead atoms. The Balaban J connectivity index is 2.88. The van der Waals surface area contributed by atoms with Crippen molar-refractivity contribution in [3.63, 3.8) is 0 Å². The van der Waals surface area contributed by atoms with Crippen LogP contribution in [0.5, 0.6) is 0 Å². The van der Waals surface area contributed by atoms with E-state index in [9.17, 15) is 9.59 Å². The molecule has 6 heteroatoms. The van der Waals surface area contributed by atoms with Crippen LogP contribution in [0.1, 0.15) is 20.0 Å². The lowest BCUT2D eigenvalue weighted by Crippen LogP contribution is -2.03. The molecule has 1 heterocycles. The minimum Gasteiger partial charge on any atom is -0.478 e. The number of rotatable bonds is 2. The normalized spacial score (nSPS) is 10.6. The molecule has 0 aliphatic rings. The standard InChI is InChI=1S/C10H5ClO4S/c11-4-1-2-6-5(3-4)7(9(12)13)8(16-6)10(14)15/h1-3H,(H,12,13)(H,14,15). The third-order valence-corrected chi connectivity index (χ3v) is 3.45. The average Bonchev–Trinajstić information content (AvgIpc) is 2.55. The molecular formula is C10H5ClO4S. The second-order valence-corrected chi connectivity index (χ2v) is 4.55. The van der Waals surface area contributed by atoms with Gasteiger partial charge in [0.05, 0.1) is 5.56 Å². The van der Waals surface area contributed by atoms with Crippen molar-refractivity contribution in [1.82, 2.24) is 0 Å². The maximum absolute atomic E-state index is 11.0. The summed E-state index contributed by atoms with van der Waals surface area (Å²) >= 11 is 6.68. The fourth-order valence-corrected chi connectivity index (χ4v) is 2.62. The Morgan fingerprint density at radius 1 is 1.19 bits per heavy atom. The van der Waals surface area contributed by atoms with Crippen molar-refractivity contribution >= 4 is 45.0 Å². The molecule has 16 heavy (non-hydrogen) atoms. The molecule has 1 aromatic heterocycles. The van der Waals surface area contributed by atoms with E-state index < -0.39 is 11.9 Å². The van der Waals surface area contributed by atoms with Crippen LogP contribution in [0, 0.1) is 0 Å². The molecular weight excluding hydrogens is 252 g/mol. The third kappa shape index (κ3) is 1.64. The second kappa shape index (κ2) is 3.77. The van der Waals surface area contributed by atoms with Crippen molar-refractivity contribution in [2.75, 3.05) is 0 Å². The van der Waals surface area contributed by atoms with Gasteiger partial charge in [-0.2, -0.15) is 0 Å². The molecule has 0 saturated heterocycles. The van der Waals surface area contributed by atoms with Crippen molar-refractivity contribution in [3.8, 4) is 0 Å². The van der Waals surface area contributed by atoms with Crippen LogP contribution in [0.15, 0.2) is 18.2 Å². The zero-order valence-electron chi connectivity index (χ0n) is 7.73. The summed E-state index contributed by atoms with van der Waals surface area (Å²) in [6, 6.07) is 4.67. The van der Waals surface area contributed by atoms with Gasteiger partial charge in [-0.3, -0.25) is 0 Å². The van der Waals surface area contributed by atoms with Gasteiger partial charge >= 0.3 is 11.9 Å². The Morgan fingerprint density at radius 2 is 1.88 bits per heavy atom. The van der Waals surface area contributed by atoms with Crippen LogP contribution >= 0.6 is 22.9 Å². The van der Waals surface area contributed by atoms with Crippen molar-refractivity contribution in [3.05, 3.63) is 33.7 Å². The Morgan fingerprint density at radius 3 is 2.44 bits per heavy atom. The summed E-state index contributed by atoms with van der Waals surface area (Å²) in [6.07, 6.45) is 0. The summed E-state index contributed by atoms with van der Waals surface area (Å²) in [5, 5.41) is 18.6. The van der Waals surface area contributed by atoms with E-state index in [0.29, 0.717) is 15.1 Å². The lowest BCUT2D eigenvalue weighted by molar-refractivity contribution is 0.0657. The molecule has 0 amide bonds. The first kappa shape index (κ1) is 10.9. The number of carboxylic acid groups (broad SMARTS) is 2. The van der Waals surface area contributed by atoms with Crippen LogP contribution in [-0.2, 0) is 0 Å². The Bertz CT molecular complexity index is 602. The van der Waals surface area contributed by atoms with Crippen LogP contribution in [-0.4, -0.2) is 22.2 Å². The Hall–Kier alpha value is -1.59. The van der Waals surface area contributed by atoms with E-state index in [4.69, 9.17) is 21.8 Å². The molecule has 0 unspecified atom stereocenters. The highest BCUT2D eigenvalue weighted by atomic mass is 35.5. The van der Waals surface area contributed by atoms with E-state index in [0.717, 1.165) is 11.3 Å². The fourth-order valence-electron chi connectivity index (χ4n) is 1.43. The molecule has 0 radical (unpaired) electrons. The number of thiophene rings is 1.